The summed E-state index contributed by atoms with van der Waals surface area (Å²) in [5.41, 5.74) is -0.596. The van der Waals surface area contributed by atoms with Gasteiger partial charge < -0.3 is 5.32 Å². The van der Waals surface area contributed by atoms with Gasteiger partial charge in [0.1, 0.15) is 11.4 Å². The van der Waals surface area contributed by atoms with Crippen molar-refractivity contribution in [2.24, 2.45) is 9.98 Å². The number of hydrogen-bond acceptors (Lipinski definition) is 6. The smallest absolute Gasteiger partial charge is 0.241 e. The molecule has 0 saturated heterocycles. The summed E-state index contributed by atoms with van der Waals surface area (Å²) >= 11 is 0. The maximum atomic E-state index is 12.8. The molecule has 3 heterocycles. The van der Waals surface area contributed by atoms with Crippen LogP contribution in [-0.4, -0.2) is 50.6 Å². The minimum Gasteiger partial charge on any atom is -0.370 e. The maximum Gasteiger partial charge on any atom is 0.241 e. The van der Waals surface area contributed by atoms with Crippen molar-refractivity contribution < 1.29 is 8.42 Å². The Morgan fingerprint density at radius 3 is 2.96 bits per heavy atom. The van der Waals surface area contributed by atoms with Crippen molar-refractivity contribution in [3.05, 3.63) is 48.8 Å². The average molecular weight is 369 g/mol. The number of nitrogens with one attached hydrogen (secondary N) is 2. The zero-order valence-electron chi connectivity index (χ0n) is 14.1. The number of aliphatic imine (C=N–C) groups is 2. The van der Waals surface area contributed by atoms with Gasteiger partial charge in [-0.15, -0.1) is 0 Å². The molecule has 134 valence electrons. The molecule has 0 bridgehead atoms. The molecule has 4 rings (SSSR count). The van der Waals surface area contributed by atoms with Gasteiger partial charge >= 0.3 is 0 Å². The SMILES string of the molecule is O=S(=O)(NCCC1(C2=NCCN2)C=CC=N1)c1cccc2cnccc12. The molecule has 0 aliphatic carbocycles. The lowest BCUT2D eigenvalue weighted by molar-refractivity contribution is 0.565. The summed E-state index contributed by atoms with van der Waals surface area (Å²) in [5, 5.41) is 4.69. The molecule has 2 aliphatic rings. The lowest BCUT2D eigenvalue weighted by Gasteiger charge is -2.24. The first-order valence-corrected chi connectivity index (χ1v) is 9.93. The number of benzene rings is 1. The number of allylic oxidation sites excluding steroid dienone is 1. The zero-order valence-corrected chi connectivity index (χ0v) is 14.9. The minimum absolute atomic E-state index is 0.256. The average Bonchev–Trinajstić information content (AvgIpc) is 3.33. The summed E-state index contributed by atoms with van der Waals surface area (Å²) in [6.07, 6.45) is 9.31. The van der Waals surface area contributed by atoms with Crippen molar-refractivity contribution in [3.63, 3.8) is 0 Å². The quantitative estimate of drug-likeness (QED) is 0.802. The van der Waals surface area contributed by atoms with Crippen molar-refractivity contribution in [1.29, 1.82) is 0 Å². The van der Waals surface area contributed by atoms with Crippen molar-refractivity contribution >= 4 is 32.8 Å². The van der Waals surface area contributed by atoms with Crippen molar-refractivity contribution in [1.82, 2.24) is 15.0 Å². The standard InChI is InChI=1S/C18H19N5O2S/c24-26(25,16-4-1-3-14-13-19-9-5-15(14)16)23-10-7-18(6-2-8-22-18)17-20-11-12-21-17/h1-6,8-9,13,23H,7,10-12H2,(H,20,21). The Morgan fingerprint density at radius 2 is 2.19 bits per heavy atom. The van der Waals surface area contributed by atoms with Crippen LogP contribution in [0.1, 0.15) is 6.42 Å². The van der Waals surface area contributed by atoms with Crippen LogP contribution in [0.2, 0.25) is 0 Å². The van der Waals surface area contributed by atoms with Crippen LogP contribution in [0.3, 0.4) is 0 Å². The number of rotatable bonds is 6. The maximum absolute atomic E-state index is 12.8. The Hall–Kier alpha value is -2.58. The molecule has 1 unspecified atom stereocenters. The second-order valence-corrected chi connectivity index (χ2v) is 7.95. The monoisotopic (exact) mass is 369 g/mol. The Balaban J connectivity index is 1.53. The van der Waals surface area contributed by atoms with E-state index >= 15 is 0 Å². The molecule has 0 amide bonds. The molecule has 0 radical (unpaired) electrons. The first kappa shape index (κ1) is 16.9. The summed E-state index contributed by atoms with van der Waals surface area (Å²) in [5.74, 6) is 0.804. The summed E-state index contributed by atoms with van der Waals surface area (Å²) < 4.78 is 28.3. The first-order chi connectivity index (χ1) is 12.6. The van der Waals surface area contributed by atoms with Crippen LogP contribution in [0, 0.1) is 0 Å². The number of sulfonamides is 1. The van der Waals surface area contributed by atoms with Crippen LogP contribution >= 0.6 is 0 Å². The van der Waals surface area contributed by atoms with Gasteiger partial charge in [-0.2, -0.15) is 0 Å². The number of pyridine rings is 1. The van der Waals surface area contributed by atoms with Gasteiger partial charge in [0.05, 0.1) is 11.4 Å². The van der Waals surface area contributed by atoms with Crippen LogP contribution in [-0.2, 0) is 10.0 Å². The van der Waals surface area contributed by atoms with Crippen LogP contribution in [0.4, 0.5) is 0 Å². The zero-order chi connectivity index (χ0) is 18.0. The van der Waals surface area contributed by atoms with E-state index in [0.717, 1.165) is 24.3 Å². The van der Waals surface area contributed by atoms with Gasteiger partial charge in [-0.25, -0.2) is 13.1 Å². The second-order valence-electron chi connectivity index (χ2n) is 6.22. The third kappa shape index (κ3) is 3.02. The summed E-state index contributed by atoms with van der Waals surface area (Å²) in [7, 11) is -3.64. The molecule has 0 saturated carbocycles. The van der Waals surface area contributed by atoms with E-state index in [1.165, 1.54) is 0 Å². The predicted molar refractivity (Wildman–Crippen MR) is 102 cm³/mol. The Kier molecular flexibility index (Phi) is 4.29. The van der Waals surface area contributed by atoms with E-state index in [1.807, 2.05) is 18.2 Å². The Bertz CT molecular complexity index is 1010. The highest BCUT2D eigenvalue weighted by molar-refractivity contribution is 7.89. The molecule has 1 atom stereocenters. The van der Waals surface area contributed by atoms with E-state index in [-0.39, 0.29) is 11.4 Å². The van der Waals surface area contributed by atoms with E-state index in [0.29, 0.717) is 11.8 Å². The van der Waals surface area contributed by atoms with Gasteiger partial charge in [0.15, 0.2) is 0 Å². The van der Waals surface area contributed by atoms with Gasteiger partial charge in [-0.1, -0.05) is 12.1 Å². The third-order valence-electron chi connectivity index (χ3n) is 4.58. The molecule has 2 aliphatic heterocycles. The molecule has 2 aromatic rings. The third-order valence-corrected chi connectivity index (χ3v) is 6.09. The summed E-state index contributed by atoms with van der Waals surface area (Å²) in [6.45, 7) is 1.76. The van der Waals surface area contributed by atoms with E-state index in [4.69, 9.17) is 0 Å². The fourth-order valence-electron chi connectivity index (χ4n) is 3.30. The van der Waals surface area contributed by atoms with Crippen LogP contribution < -0.4 is 10.0 Å². The summed E-state index contributed by atoms with van der Waals surface area (Å²) in [6, 6.07) is 6.89. The van der Waals surface area contributed by atoms with Gasteiger partial charge in [-0.05, 0) is 30.7 Å². The normalized spacial score (nSPS) is 21.9. The predicted octanol–water partition coefficient (Wildman–Crippen LogP) is 1.28. The molecule has 8 heteroatoms. The second kappa shape index (κ2) is 6.62. The molecule has 2 N–H and O–H groups in total. The van der Waals surface area contributed by atoms with Gasteiger partial charge in [0.25, 0.3) is 0 Å². The number of hydrogen-bond donors (Lipinski definition) is 2. The van der Waals surface area contributed by atoms with Crippen molar-refractivity contribution in [2.75, 3.05) is 19.6 Å². The van der Waals surface area contributed by atoms with Crippen LogP contribution in [0.15, 0.2) is 63.7 Å². The van der Waals surface area contributed by atoms with Gasteiger partial charge in [-0.3, -0.25) is 15.0 Å². The number of fused-ring (bicyclic) bond motifs is 1. The van der Waals surface area contributed by atoms with E-state index in [1.54, 1.807) is 36.8 Å². The van der Waals surface area contributed by atoms with E-state index in [9.17, 15) is 8.42 Å². The van der Waals surface area contributed by atoms with Gasteiger partial charge in [0.2, 0.25) is 10.0 Å². The molecule has 1 aromatic carbocycles. The van der Waals surface area contributed by atoms with Crippen molar-refractivity contribution in [3.8, 4) is 0 Å². The fraction of sp³-hybridized carbons (Fsp3) is 0.278. The van der Waals surface area contributed by atoms with Crippen molar-refractivity contribution in [2.45, 2.75) is 16.9 Å². The first-order valence-electron chi connectivity index (χ1n) is 8.45. The Labute approximate surface area is 152 Å². The highest BCUT2D eigenvalue weighted by Crippen LogP contribution is 2.25. The topological polar surface area (TPSA) is 95.8 Å². The minimum atomic E-state index is -3.64. The fourth-order valence-corrected chi connectivity index (χ4v) is 4.56. The molecule has 7 nitrogen and oxygen atoms in total. The number of aromatic nitrogens is 1. The molecule has 0 fully saturated rings. The Morgan fingerprint density at radius 1 is 1.27 bits per heavy atom. The molecule has 26 heavy (non-hydrogen) atoms. The molecular formula is C18H19N5O2S. The number of nitrogens with zero attached hydrogens (tertiary/aromatic N) is 3. The van der Waals surface area contributed by atoms with Crippen LogP contribution in [0.25, 0.3) is 10.8 Å². The highest BCUT2D eigenvalue weighted by atomic mass is 32.2. The van der Waals surface area contributed by atoms with E-state index < -0.39 is 15.6 Å². The van der Waals surface area contributed by atoms with Gasteiger partial charge in [0, 0.05) is 42.5 Å². The molecule has 0 spiro atoms. The molecular weight excluding hydrogens is 350 g/mol. The highest BCUT2D eigenvalue weighted by Gasteiger charge is 2.35. The summed E-state index contributed by atoms with van der Waals surface area (Å²) in [4.78, 5) is 13.3. The lowest BCUT2D eigenvalue weighted by atomic mass is 9.95. The number of amidine groups is 1. The lowest BCUT2D eigenvalue weighted by Crippen LogP contribution is -2.43. The molecule has 1 aromatic heterocycles. The largest absolute Gasteiger partial charge is 0.370 e. The van der Waals surface area contributed by atoms with Crippen LogP contribution in [0.5, 0.6) is 0 Å². The van der Waals surface area contributed by atoms with E-state index in [2.05, 4.69) is 25.0 Å².